The molecule has 2 amide bonds. The van der Waals surface area contributed by atoms with Gasteiger partial charge in [-0.15, -0.1) is 16.8 Å². The number of allylic oxidation sites excluding steroid dienone is 1. The number of carbonyl (C=O) groups excluding carboxylic acids is 2. The van der Waals surface area contributed by atoms with Crippen molar-refractivity contribution in [1.29, 1.82) is 0 Å². The highest BCUT2D eigenvalue weighted by Gasteiger charge is 2.26. The molecule has 9 heteroatoms. The van der Waals surface area contributed by atoms with Crippen molar-refractivity contribution < 1.29 is 14.3 Å². The predicted molar refractivity (Wildman–Crippen MR) is 144 cm³/mol. The number of amides is 2. The minimum Gasteiger partial charge on any atom is -0.497 e. The van der Waals surface area contributed by atoms with Crippen molar-refractivity contribution in [2.24, 2.45) is 5.92 Å². The fourth-order valence-electron chi connectivity index (χ4n) is 3.64. The first-order valence-corrected chi connectivity index (χ1v) is 12.7. The van der Waals surface area contributed by atoms with E-state index in [0.717, 1.165) is 16.8 Å². The summed E-state index contributed by atoms with van der Waals surface area (Å²) in [6.45, 7) is 12.3. The fourth-order valence-corrected chi connectivity index (χ4v) is 4.39. The van der Waals surface area contributed by atoms with E-state index in [1.54, 1.807) is 37.5 Å². The predicted octanol–water partition coefficient (Wildman–Crippen LogP) is 4.95. The third-order valence-corrected chi connectivity index (χ3v) is 6.82. The van der Waals surface area contributed by atoms with Crippen LogP contribution in [0.25, 0.3) is 0 Å². The molecule has 2 aromatic carbocycles. The maximum Gasteiger partial charge on any atom is 0.251 e. The Hall–Kier alpha value is -3.59. The Morgan fingerprint density at radius 1 is 1.14 bits per heavy atom. The Labute approximate surface area is 216 Å². The van der Waals surface area contributed by atoms with Crippen LogP contribution >= 0.6 is 11.8 Å². The second kappa shape index (κ2) is 12.4. The van der Waals surface area contributed by atoms with Gasteiger partial charge in [0.05, 0.1) is 18.9 Å². The SMILES string of the molecule is C=CCn1c(SCC(=O)Nc2cccc(C)c2C)nnc1[C@H](NC(=O)c1ccc(OC)cc1)C(C)C. The molecule has 1 heterocycles. The van der Waals surface area contributed by atoms with Crippen molar-refractivity contribution >= 4 is 29.3 Å². The lowest BCUT2D eigenvalue weighted by atomic mass is 10.0. The van der Waals surface area contributed by atoms with E-state index in [-0.39, 0.29) is 29.5 Å². The number of aromatic nitrogens is 3. The highest BCUT2D eigenvalue weighted by atomic mass is 32.2. The number of thioether (sulfide) groups is 1. The summed E-state index contributed by atoms with van der Waals surface area (Å²) in [4.78, 5) is 25.6. The number of carbonyl (C=O) groups is 2. The van der Waals surface area contributed by atoms with Gasteiger partial charge in [0.2, 0.25) is 5.91 Å². The van der Waals surface area contributed by atoms with E-state index in [1.165, 1.54) is 11.8 Å². The van der Waals surface area contributed by atoms with Crippen molar-refractivity contribution in [3.63, 3.8) is 0 Å². The summed E-state index contributed by atoms with van der Waals surface area (Å²) in [6.07, 6.45) is 1.75. The molecule has 0 fully saturated rings. The Morgan fingerprint density at radius 2 is 1.86 bits per heavy atom. The van der Waals surface area contributed by atoms with Gasteiger partial charge in [0.15, 0.2) is 11.0 Å². The van der Waals surface area contributed by atoms with Gasteiger partial charge < -0.3 is 19.9 Å². The number of aryl methyl sites for hydroxylation is 1. The molecule has 36 heavy (non-hydrogen) atoms. The van der Waals surface area contributed by atoms with Gasteiger partial charge in [0.25, 0.3) is 5.91 Å². The van der Waals surface area contributed by atoms with Gasteiger partial charge in [0, 0.05) is 17.8 Å². The van der Waals surface area contributed by atoms with Crippen LogP contribution in [0.1, 0.15) is 47.2 Å². The first-order chi connectivity index (χ1) is 17.2. The summed E-state index contributed by atoms with van der Waals surface area (Å²) < 4.78 is 7.06. The minimum absolute atomic E-state index is 0.0467. The molecule has 190 valence electrons. The number of hydrogen-bond acceptors (Lipinski definition) is 6. The molecule has 1 aromatic heterocycles. The quantitative estimate of drug-likeness (QED) is 0.282. The molecule has 3 rings (SSSR count). The van der Waals surface area contributed by atoms with E-state index < -0.39 is 0 Å². The van der Waals surface area contributed by atoms with Crippen LogP contribution in [0.4, 0.5) is 5.69 Å². The number of rotatable bonds is 11. The second-order valence-corrected chi connectivity index (χ2v) is 9.69. The van der Waals surface area contributed by atoms with E-state index in [1.807, 2.05) is 50.5 Å². The molecule has 0 radical (unpaired) electrons. The Balaban J connectivity index is 1.75. The Kier molecular flexibility index (Phi) is 9.30. The number of nitrogens with zero attached hydrogens (tertiary/aromatic N) is 3. The minimum atomic E-state index is -0.384. The largest absolute Gasteiger partial charge is 0.497 e. The molecule has 2 N–H and O–H groups in total. The van der Waals surface area contributed by atoms with Crippen LogP contribution in [0.5, 0.6) is 5.75 Å². The van der Waals surface area contributed by atoms with E-state index in [9.17, 15) is 9.59 Å². The lowest BCUT2D eigenvalue weighted by molar-refractivity contribution is -0.113. The highest BCUT2D eigenvalue weighted by Crippen LogP contribution is 2.26. The normalized spacial score (nSPS) is 11.7. The standard InChI is InChI=1S/C27H33N5O3S/c1-7-15-32-25(24(17(2)3)29-26(34)20-11-13-21(35-6)14-12-20)30-31-27(32)36-16-23(33)28-22-10-8-9-18(4)19(22)5/h7-14,17,24H,1,15-16H2,2-6H3,(H,28,33)(H,29,34)/t24-/m1/s1. The zero-order valence-corrected chi connectivity index (χ0v) is 22.2. The average molecular weight is 508 g/mol. The third kappa shape index (κ3) is 6.54. The summed E-state index contributed by atoms with van der Waals surface area (Å²) >= 11 is 1.30. The molecule has 0 bridgehead atoms. The average Bonchev–Trinajstić information content (AvgIpc) is 3.26. The number of nitrogens with one attached hydrogen (secondary N) is 2. The zero-order chi connectivity index (χ0) is 26.2. The molecular weight excluding hydrogens is 474 g/mol. The smallest absolute Gasteiger partial charge is 0.251 e. The molecule has 0 unspecified atom stereocenters. The fraction of sp³-hybridized carbons (Fsp3) is 0.333. The van der Waals surface area contributed by atoms with Crippen molar-refractivity contribution in [3.05, 3.63) is 77.6 Å². The van der Waals surface area contributed by atoms with Gasteiger partial charge in [-0.1, -0.05) is 43.8 Å². The summed E-state index contributed by atoms with van der Waals surface area (Å²) in [5.41, 5.74) is 3.48. The first-order valence-electron chi connectivity index (χ1n) is 11.7. The van der Waals surface area contributed by atoms with Crippen LogP contribution in [-0.2, 0) is 11.3 Å². The van der Waals surface area contributed by atoms with Crippen molar-refractivity contribution in [3.8, 4) is 5.75 Å². The molecule has 0 aliphatic carbocycles. The van der Waals surface area contributed by atoms with Crippen LogP contribution in [0.15, 0.2) is 60.3 Å². The number of anilines is 1. The van der Waals surface area contributed by atoms with Gasteiger partial charge in [-0.2, -0.15) is 0 Å². The summed E-state index contributed by atoms with van der Waals surface area (Å²) in [5, 5.41) is 15.4. The van der Waals surface area contributed by atoms with Gasteiger partial charge in [-0.25, -0.2) is 0 Å². The number of methoxy groups -OCH3 is 1. The molecule has 0 spiro atoms. The maximum absolute atomic E-state index is 13.0. The first kappa shape index (κ1) is 27.0. The lowest BCUT2D eigenvalue weighted by Crippen LogP contribution is -2.33. The van der Waals surface area contributed by atoms with Crippen LogP contribution in [0.2, 0.25) is 0 Å². The molecule has 1 atom stereocenters. The van der Waals surface area contributed by atoms with Gasteiger partial charge in [-0.05, 0) is 61.2 Å². The molecule has 0 aliphatic heterocycles. The molecule has 3 aromatic rings. The van der Waals surface area contributed by atoms with E-state index >= 15 is 0 Å². The molecule has 0 saturated heterocycles. The number of benzene rings is 2. The lowest BCUT2D eigenvalue weighted by Gasteiger charge is -2.22. The summed E-state index contributed by atoms with van der Waals surface area (Å²) in [5.74, 6) is 1.17. The molecule has 0 aliphatic rings. The van der Waals surface area contributed by atoms with Crippen LogP contribution in [0.3, 0.4) is 0 Å². The highest BCUT2D eigenvalue weighted by molar-refractivity contribution is 7.99. The summed E-state index contributed by atoms with van der Waals surface area (Å²) in [6, 6.07) is 12.4. The van der Waals surface area contributed by atoms with Gasteiger partial charge >= 0.3 is 0 Å². The zero-order valence-electron chi connectivity index (χ0n) is 21.4. The summed E-state index contributed by atoms with van der Waals surface area (Å²) in [7, 11) is 1.58. The van der Waals surface area contributed by atoms with Crippen LogP contribution < -0.4 is 15.4 Å². The molecule has 8 nitrogen and oxygen atoms in total. The maximum atomic E-state index is 13.0. The van der Waals surface area contributed by atoms with E-state index in [0.29, 0.717) is 28.8 Å². The number of ether oxygens (including phenoxy) is 1. The second-order valence-electron chi connectivity index (χ2n) is 8.75. The third-order valence-electron chi connectivity index (χ3n) is 5.85. The van der Waals surface area contributed by atoms with E-state index in [2.05, 4.69) is 27.4 Å². The van der Waals surface area contributed by atoms with Crippen molar-refractivity contribution in [1.82, 2.24) is 20.1 Å². The van der Waals surface area contributed by atoms with Gasteiger partial charge in [0.1, 0.15) is 5.75 Å². The topological polar surface area (TPSA) is 98.1 Å². The van der Waals surface area contributed by atoms with Gasteiger partial charge in [-0.3, -0.25) is 9.59 Å². The monoisotopic (exact) mass is 507 g/mol. The van der Waals surface area contributed by atoms with E-state index in [4.69, 9.17) is 4.74 Å². The number of hydrogen-bond donors (Lipinski definition) is 2. The van der Waals surface area contributed by atoms with Crippen molar-refractivity contribution in [2.45, 2.75) is 45.4 Å². The molecular formula is C27H33N5O3S. The van der Waals surface area contributed by atoms with Crippen molar-refractivity contribution in [2.75, 3.05) is 18.2 Å². The molecule has 0 saturated carbocycles. The van der Waals surface area contributed by atoms with Crippen LogP contribution in [0, 0.1) is 19.8 Å². The Bertz CT molecular complexity index is 1220. The Morgan fingerprint density at radius 3 is 2.50 bits per heavy atom. The van der Waals surface area contributed by atoms with Crippen LogP contribution in [-0.4, -0.2) is 39.4 Å².